The van der Waals surface area contributed by atoms with Gasteiger partial charge in [0.1, 0.15) is 0 Å². The van der Waals surface area contributed by atoms with Crippen LogP contribution in [0.1, 0.15) is 0 Å². The smallest absolute Gasteiger partial charge is 0.254 e. The number of thiophene rings is 1. The van der Waals surface area contributed by atoms with Gasteiger partial charge in [-0.05, 0) is 35.2 Å². The van der Waals surface area contributed by atoms with Crippen LogP contribution in [-0.2, 0) is 10.0 Å². The average Bonchev–Trinajstić information content (AvgIpc) is 2.98. The van der Waals surface area contributed by atoms with E-state index in [9.17, 15) is 18.6 Å². The predicted molar refractivity (Wildman–Crippen MR) is 99.8 cm³/mol. The number of halogens is 1. The molecule has 0 amide bonds. The van der Waals surface area contributed by atoms with Gasteiger partial charge < -0.3 is 10.2 Å². The van der Waals surface area contributed by atoms with E-state index in [1.807, 2.05) is 11.4 Å². The summed E-state index contributed by atoms with van der Waals surface area (Å²) >= 11 is 7.65. The molecule has 1 aromatic carbocycles. The van der Waals surface area contributed by atoms with Crippen molar-refractivity contribution in [3.05, 3.63) is 46.9 Å². The first-order valence-electron chi connectivity index (χ1n) is 6.98. The Morgan fingerprint density at radius 3 is 2.60 bits per heavy atom. The topological polar surface area (TPSA) is 99.5 Å². The minimum absolute atomic E-state index is 0.283. The summed E-state index contributed by atoms with van der Waals surface area (Å²) in [5.74, 6) is -0.712. The van der Waals surface area contributed by atoms with Crippen molar-refractivity contribution in [1.82, 2.24) is 4.98 Å². The predicted octanol–water partition coefficient (Wildman–Crippen LogP) is 3.91. The third-order valence-corrected chi connectivity index (χ3v) is 5.24. The Balaban J connectivity index is 1.96. The first-order chi connectivity index (χ1) is 11.7. The highest BCUT2D eigenvalue weighted by Crippen LogP contribution is 2.41. The SMILES string of the molecule is CS(=O)(=O)Nc1ccc(-c2csc(-c3ccnc(O)c3O)c2)c(Cl)c1. The monoisotopic (exact) mass is 396 g/mol. The lowest BCUT2D eigenvalue weighted by atomic mass is 10.1. The van der Waals surface area contributed by atoms with Gasteiger partial charge >= 0.3 is 0 Å². The Labute approximate surface area is 153 Å². The Bertz CT molecular complexity index is 1050. The van der Waals surface area contributed by atoms with E-state index in [2.05, 4.69) is 9.71 Å². The molecule has 3 N–H and O–H groups in total. The molecule has 6 nitrogen and oxygen atoms in total. The van der Waals surface area contributed by atoms with Crippen molar-refractivity contribution in [2.24, 2.45) is 0 Å². The molecule has 2 heterocycles. The summed E-state index contributed by atoms with van der Waals surface area (Å²) in [6.07, 6.45) is 2.47. The zero-order valence-corrected chi connectivity index (χ0v) is 15.3. The van der Waals surface area contributed by atoms with Crippen molar-refractivity contribution in [3.8, 4) is 33.2 Å². The molecule has 0 spiro atoms. The maximum absolute atomic E-state index is 11.3. The fourth-order valence-corrected chi connectivity index (χ4v) is 4.07. The maximum Gasteiger partial charge on any atom is 0.254 e. The van der Waals surface area contributed by atoms with Crippen LogP contribution in [0.3, 0.4) is 0 Å². The van der Waals surface area contributed by atoms with Crippen LogP contribution in [0.25, 0.3) is 21.6 Å². The summed E-state index contributed by atoms with van der Waals surface area (Å²) in [5.41, 5.74) is 2.38. The number of nitrogens with zero attached hydrogens (tertiary/aromatic N) is 1. The van der Waals surface area contributed by atoms with E-state index in [4.69, 9.17) is 11.6 Å². The molecule has 3 rings (SSSR count). The summed E-state index contributed by atoms with van der Waals surface area (Å²) in [6, 6.07) is 8.29. The molecule has 130 valence electrons. The van der Waals surface area contributed by atoms with Crippen molar-refractivity contribution in [2.75, 3.05) is 11.0 Å². The second-order valence-electron chi connectivity index (χ2n) is 5.30. The average molecular weight is 397 g/mol. The first-order valence-corrected chi connectivity index (χ1v) is 10.1. The quantitative estimate of drug-likeness (QED) is 0.620. The number of benzene rings is 1. The van der Waals surface area contributed by atoms with Crippen molar-refractivity contribution in [3.63, 3.8) is 0 Å². The van der Waals surface area contributed by atoms with E-state index in [0.717, 1.165) is 22.3 Å². The van der Waals surface area contributed by atoms with Crippen LogP contribution in [-0.4, -0.2) is 29.9 Å². The van der Waals surface area contributed by atoms with E-state index >= 15 is 0 Å². The highest BCUT2D eigenvalue weighted by Gasteiger charge is 2.14. The Kier molecular flexibility index (Phi) is 4.59. The van der Waals surface area contributed by atoms with E-state index in [1.54, 1.807) is 18.2 Å². The van der Waals surface area contributed by atoms with Crippen molar-refractivity contribution in [2.45, 2.75) is 0 Å². The van der Waals surface area contributed by atoms with Crippen LogP contribution >= 0.6 is 22.9 Å². The number of anilines is 1. The molecule has 2 aromatic heterocycles. The molecule has 9 heteroatoms. The molecule has 0 bridgehead atoms. The summed E-state index contributed by atoms with van der Waals surface area (Å²) in [4.78, 5) is 4.35. The van der Waals surface area contributed by atoms with E-state index in [-0.39, 0.29) is 5.75 Å². The summed E-state index contributed by atoms with van der Waals surface area (Å²) in [7, 11) is -3.38. The van der Waals surface area contributed by atoms with Gasteiger partial charge in [0.25, 0.3) is 5.88 Å². The molecular formula is C16H13ClN2O4S2. The van der Waals surface area contributed by atoms with Crippen LogP contribution in [0, 0.1) is 0 Å². The zero-order valence-electron chi connectivity index (χ0n) is 12.9. The molecule has 3 aromatic rings. The normalized spacial score (nSPS) is 11.4. The molecule has 0 aliphatic rings. The molecule has 0 radical (unpaired) electrons. The van der Waals surface area contributed by atoms with Gasteiger partial charge in [0.05, 0.1) is 11.3 Å². The first kappa shape index (κ1) is 17.5. The fourth-order valence-electron chi connectivity index (χ4n) is 2.29. The molecule has 0 aliphatic heterocycles. The molecule has 0 unspecified atom stereocenters. The third-order valence-electron chi connectivity index (χ3n) is 3.35. The van der Waals surface area contributed by atoms with Gasteiger partial charge in [0.2, 0.25) is 10.0 Å². The Morgan fingerprint density at radius 2 is 1.92 bits per heavy atom. The molecule has 0 saturated carbocycles. The van der Waals surface area contributed by atoms with Gasteiger partial charge in [-0.15, -0.1) is 11.3 Å². The van der Waals surface area contributed by atoms with Crippen molar-refractivity contribution < 1.29 is 18.6 Å². The number of hydrogen-bond acceptors (Lipinski definition) is 6. The molecular weight excluding hydrogens is 384 g/mol. The molecule has 0 fully saturated rings. The number of hydrogen-bond donors (Lipinski definition) is 3. The van der Waals surface area contributed by atoms with E-state index in [0.29, 0.717) is 16.3 Å². The van der Waals surface area contributed by atoms with Crippen LogP contribution in [0.5, 0.6) is 11.6 Å². The van der Waals surface area contributed by atoms with Crippen molar-refractivity contribution >= 4 is 38.6 Å². The number of aromatic hydroxyl groups is 2. The van der Waals surface area contributed by atoms with Gasteiger partial charge in [0, 0.05) is 27.9 Å². The lowest BCUT2D eigenvalue weighted by molar-refractivity contribution is 0.390. The van der Waals surface area contributed by atoms with Gasteiger partial charge in [-0.25, -0.2) is 13.4 Å². The molecule has 0 saturated heterocycles. The Morgan fingerprint density at radius 1 is 1.16 bits per heavy atom. The minimum atomic E-state index is -3.38. The summed E-state index contributed by atoms with van der Waals surface area (Å²) in [6.45, 7) is 0. The Hall–Kier alpha value is -2.29. The lowest BCUT2D eigenvalue weighted by Gasteiger charge is -2.07. The highest BCUT2D eigenvalue weighted by molar-refractivity contribution is 7.92. The summed E-state index contributed by atoms with van der Waals surface area (Å²) in [5, 5.41) is 21.7. The highest BCUT2D eigenvalue weighted by atomic mass is 35.5. The molecule has 25 heavy (non-hydrogen) atoms. The van der Waals surface area contributed by atoms with Crippen molar-refractivity contribution in [1.29, 1.82) is 0 Å². The van der Waals surface area contributed by atoms with Crippen LogP contribution in [0.2, 0.25) is 5.02 Å². The number of sulfonamides is 1. The van der Waals surface area contributed by atoms with Crippen LogP contribution < -0.4 is 4.72 Å². The fraction of sp³-hybridized carbons (Fsp3) is 0.0625. The molecule has 0 aliphatic carbocycles. The molecule has 0 atom stereocenters. The standard InChI is InChI=1S/C16H13ClN2O4S2/c1-25(22,23)19-10-2-3-11(13(17)7-10)9-6-14(24-8-9)12-4-5-18-16(21)15(12)20/h2-8,19-20H,1H3,(H,18,21). The minimum Gasteiger partial charge on any atom is -0.503 e. The third kappa shape index (κ3) is 3.87. The summed E-state index contributed by atoms with van der Waals surface area (Å²) < 4.78 is 24.9. The number of pyridine rings is 1. The van der Waals surface area contributed by atoms with E-state index < -0.39 is 15.9 Å². The number of aromatic nitrogens is 1. The van der Waals surface area contributed by atoms with Gasteiger partial charge in [-0.1, -0.05) is 17.7 Å². The lowest BCUT2D eigenvalue weighted by Crippen LogP contribution is -2.09. The van der Waals surface area contributed by atoms with Gasteiger partial charge in [-0.2, -0.15) is 0 Å². The largest absolute Gasteiger partial charge is 0.503 e. The second kappa shape index (κ2) is 6.55. The van der Waals surface area contributed by atoms with Crippen LogP contribution in [0.15, 0.2) is 41.9 Å². The number of rotatable bonds is 4. The van der Waals surface area contributed by atoms with Crippen LogP contribution in [0.4, 0.5) is 5.69 Å². The maximum atomic E-state index is 11.3. The number of nitrogens with one attached hydrogen (secondary N) is 1. The van der Waals surface area contributed by atoms with Gasteiger partial charge in [0.15, 0.2) is 5.75 Å². The van der Waals surface area contributed by atoms with E-state index in [1.165, 1.54) is 23.6 Å². The zero-order chi connectivity index (χ0) is 18.2. The second-order valence-corrected chi connectivity index (χ2v) is 8.37. The van der Waals surface area contributed by atoms with Gasteiger partial charge in [-0.3, -0.25) is 4.72 Å².